The van der Waals surface area contributed by atoms with E-state index in [0.717, 1.165) is 4.90 Å². The van der Waals surface area contributed by atoms with Crippen LogP contribution in [0.2, 0.25) is 0 Å². The Hall–Kier alpha value is -4.95. The van der Waals surface area contributed by atoms with Crippen molar-refractivity contribution in [3.63, 3.8) is 0 Å². The Morgan fingerprint density at radius 2 is 1.76 bits per heavy atom. The lowest BCUT2D eigenvalue weighted by Gasteiger charge is -2.43. The lowest BCUT2D eigenvalue weighted by molar-refractivity contribution is -0.139. The molecular formula is C31H31F4N5O6. The van der Waals surface area contributed by atoms with Crippen molar-refractivity contribution in [3.05, 3.63) is 76.5 Å². The highest BCUT2D eigenvalue weighted by Crippen LogP contribution is 2.41. The fraction of sp³-hybridized carbons (Fsp3) is 0.387. The minimum atomic E-state index is -4.81. The number of piperidine rings is 1. The molecule has 11 nitrogen and oxygen atoms in total. The maximum atomic E-state index is 14.4. The number of nitrogens with zero attached hydrogens (tertiary/aromatic N) is 4. The van der Waals surface area contributed by atoms with Crippen LogP contribution in [-0.2, 0) is 22.3 Å². The van der Waals surface area contributed by atoms with E-state index in [1.54, 1.807) is 26.0 Å². The number of likely N-dealkylation sites (N-methyl/N-ethyl adjacent to an activating group) is 1. The number of oxazole rings is 1. The zero-order valence-electron chi connectivity index (χ0n) is 25.2. The van der Waals surface area contributed by atoms with Gasteiger partial charge < -0.3 is 14.6 Å². The lowest BCUT2D eigenvalue weighted by atomic mass is 9.85. The highest BCUT2D eigenvalue weighted by atomic mass is 19.4. The lowest BCUT2D eigenvalue weighted by Crippen LogP contribution is -2.60. The van der Waals surface area contributed by atoms with Crippen molar-refractivity contribution in [3.8, 4) is 0 Å². The Morgan fingerprint density at radius 3 is 2.37 bits per heavy atom. The second-order valence-corrected chi connectivity index (χ2v) is 11.6. The van der Waals surface area contributed by atoms with Crippen LogP contribution in [0.1, 0.15) is 42.6 Å². The summed E-state index contributed by atoms with van der Waals surface area (Å²) in [5, 5.41) is 2.38. The van der Waals surface area contributed by atoms with Gasteiger partial charge in [0.15, 0.2) is 5.58 Å². The third-order valence-electron chi connectivity index (χ3n) is 8.49. The average Bonchev–Trinajstić information content (AvgIpc) is 3.40. The molecule has 1 aromatic heterocycles. The Morgan fingerprint density at radius 1 is 1.09 bits per heavy atom. The number of alkyl halides is 3. The van der Waals surface area contributed by atoms with Crippen LogP contribution in [-0.4, -0.2) is 69.8 Å². The summed E-state index contributed by atoms with van der Waals surface area (Å²) in [6.45, 7) is 7.05. The minimum absolute atomic E-state index is 0.00770. The summed E-state index contributed by atoms with van der Waals surface area (Å²) in [6, 6.07) is 4.32. The zero-order chi connectivity index (χ0) is 33.7. The molecule has 0 saturated carbocycles. The third-order valence-corrected chi connectivity index (χ3v) is 8.49. The summed E-state index contributed by atoms with van der Waals surface area (Å²) >= 11 is 0. The van der Waals surface area contributed by atoms with Crippen molar-refractivity contribution < 1.29 is 41.2 Å². The molecule has 15 heteroatoms. The van der Waals surface area contributed by atoms with Crippen LogP contribution in [0.15, 0.2) is 58.3 Å². The summed E-state index contributed by atoms with van der Waals surface area (Å²) < 4.78 is 60.7. The van der Waals surface area contributed by atoms with Gasteiger partial charge in [0.2, 0.25) is 5.91 Å². The number of allylic oxidation sites excluding steroid dienone is 1. The van der Waals surface area contributed by atoms with E-state index in [4.69, 9.17) is 4.42 Å². The van der Waals surface area contributed by atoms with Crippen LogP contribution in [0, 0.1) is 11.7 Å². The van der Waals surface area contributed by atoms with Crippen molar-refractivity contribution in [2.75, 3.05) is 25.0 Å². The van der Waals surface area contributed by atoms with Crippen molar-refractivity contribution in [1.82, 2.24) is 19.7 Å². The largest absolute Gasteiger partial charge is 0.420 e. The quantitative estimate of drug-likeness (QED) is 0.234. The molecule has 3 heterocycles. The molecule has 1 N–H and O–H groups in total. The first-order valence-corrected chi connectivity index (χ1v) is 14.4. The Labute approximate surface area is 260 Å². The van der Waals surface area contributed by atoms with Crippen LogP contribution in [0.25, 0.3) is 11.1 Å². The standard InChI is InChI=1S/C31H31F4N5O6/c1-5-12-39-22-9-7-19(16-23(22)46-29(39)45)40-28(44)37(4)27(43)30(40)10-13-38(14-11-30)26(42)24(17(2)3)36-25(41)20-15-18(31(33,34)35)6-8-21(20)32/h5-9,15-17,24H,1,10-14H2,2-4H3,(H,36,41). The van der Waals surface area contributed by atoms with E-state index in [1.165, 1.54) is 33.6 Å². The molecule has 46 heavy (non-hydrogen) atoms. The van der Waals surface area contributed by atoms with E-state index >= 15 is 0 Å². The summed E-state index contributed by atoms with van der Waals surface area (Å²) in [5.41, 5.74) is -2.44. The minimum Gasteiger partial charge on any atom is -0.408 e. The number of fused-ring (bicyclic) bond motifs is 1. The number of nitrogens with one attached hydrogen (secondary N) is 1. The number of carbonyl (C=O) groups excluding carboxylic acids is 4. The van der Waals surface area contributed by atoms with Gasteiger partial charge in [-0.15, -0.1) is 6.58 Å². The van der Waals surface area contributed by atoms with Crippen LogP contribution in [0.3, 0.4) is 0 Å². The van der Waals surface area contributed by atoms with Crippen LogP contribution in [0.4, 0.5) is 28.0 Å². The van der Waals surface area contributed by atoms with Crippen LogP contribution >= 0.6 is 0 Å². The highest BCUT2D eigenvalue weighted by Gasteiger charge is 2.58. The van der Waals surface area contributed by atoms with Gasteiger partial charge in [-0.05, 0) is 49.1 Å². The molecular weight excluding hydrogens is 614 g/mol. The molecule has 0 radical (unpaired) electrons. The molecule has 2 aliphatic heterocycles. The van der Waals surface area contributed by atoms with Crippen LogP contribution in [0.5, 0.6) is 0 Å². The molecule has 2 aromatic carbocycles. The second kappa shape index (κ2) is 11.8. The molecule has 2 saturated heterocycles. The average molecular weight is 646 g/mol. The number of hydrogen-bond acceptors (Lipinski definition) is 6. The van der Waals surface area contributed by atoms with Gasteiger partial charge in [-0.3, -0.25) is 28.8 Å². The molecule has 1 unspecified atom stereocenters. The summed E-state index contributed by atoms with van der Waals surface area (Å²) in [5.74, 6) is -4.57. The van der Waals surface area contributed by atoms with Crippen molar-refractivity contribution in [2.24, 2.45) is 5.92 Å². The Balaban J connectivity index is 1.37. The monoisotopic (exact) mass is 645 g/mol. The molecule has 2 aliphatic rings. The number of rotatable bonds is 7. The number of anilines is 1. The first-order valence-electron chi connectivity index (χ1n) is 14.4. The van der Waals surface area contributed by atoms with Gasteiger partial charge in [0, 0.05) is 32.7 Å². The van der Waals surface area contributed by atoms with Gasteiger partial charge in [0.05, 0.1) is 22.3 Å². The number of imide groups is 1. The fourth-order valence-electron chi connectivity index (χ4n) is 6.02. The Kier molecular flexibility index (Phi) is 8.30. The molecule has 5 rings (SSSR count). The molecule has 1 spiro atoms. The predicted molar refractivity (Wildman–Crippen MR) is 157 cm³/mol. The van der Waals surface area contributed by atoms with Gasteiger partial charge in [0.25, 0.3) is 11.8 Å². The zero-order valence-corrected chi connectivity index (χ0v) is 25.2. The molecule has 2 fully saturated rings. The predicted octanol–water partition coefficient (Wildman–Crippen LogP) is 4.15. The topological polar surface area (TPSA) is 125 Å². The number of amides is 5. The van der Waals surface area contributed by atoms with Gasteiger partial charge in [-0.25, -0.2) is 14.0 Å². The van der Waals surface area contributed by atoms with Gasteiger partial charge >= 0.3 is 18.0 Å². The van der Waals surface area contributed by atoms with E-state index in [-0.39, 0.29) is 38.1 Å². The van der Waals surface area contributed by atoms with Gasteiger partial charge in [-0.1, -0.05) is 19.9 Å². The smallest absolute Gasteiger partial charge is 0.408 e. The number of benzene rings is 2. The normalized spacial score (nSPS) is 17.3. The van der Waals surface area contributed by atoms with Crippen molar-refractivity contribution in [2.45, 2.75) is 51.0 Å². The van der Waals surface area contributed by atoms with Crippen molar-refractivity contribution >= 4 is 40.5 Å². The summed E-state index contributed by atoms with van der Waals surface area (Å²) in [6.07, 6.45) is -3.23. The molecule has 244 valence electrons. The third kappa shape index (κ3) is 5.43. The Bertz CT molecular complexity index is 1800. The number of likely N-dealkylation sites (tertiary alicyclic amines) is 1. The van der Waals surface area contributed by atoms with E-state index in [1.807, 2.05) is 0 Å². The van der Waals surface area contributed by atoms with Crippen molar-refractivity contribution in [1.29, 1.82) is 0 Å². The fourth-order valence-corrected chi connectivity index (χ4v) is 6.02. The van der Waals surface area contributed by atoms with E-state index in [9.17, 15) is 41.5 Å². The molecule has 3 aromatic rings. The molecule has 0 aliphatic carbocycles. The second-order valence-electron chi connectivity index (χ2n) is 11.6. The SMILES string of the molecule is C=CCn1c(=O)oc2cc(N3C(=O)N(C)C(=O)C34CCN(C(=O)C(NC(=O)c3cc(C(F)(F)F)ccc3F)C(C)C)CC4)ccc21. The summed E-state index contributed by atoms with van der Waals surface area (Å²) in [4.78, 5) is 69.5. The van der Waals surface area contributed by atoms with E-state index < -0.39 is 70.1 Å². The number of urea groups is 1. The first-order chi connectivity index (χ1) is 21.6. The molecule has 1 atom stereocenters. The van der Waals surface area contributed by atoms with E-state index in [0.29, 0.717) is 29.4 Å². The molecule has 0 bridgehead atoms. The maximum absolute atomic E-state index is 14.4. The number of halogens is 4. The highest BCUT2D eigenvalue weighted by molar-refractivity contribution is 6.17. The number of carbonyl (C=O) groups is 4. The van der Waals surface area contributed by atoms with Gasteiger partial charge in [-0.2, -0.15) is 13.2 Å². The summed E-state index contributed by atoms with van der Waals surface area (Å²) in [7, 11) is 1.35. The van der Waals surface area contributed by atoms with Crippen LogP contribution < -0.4 is 16.0 Å². The molecule has 5 amide bonds. The van der Waals surface area contributed by atoms with E-state index in [2.05, 4.69) is 11.9 Å². The first kappa shape index (κ1) is 32.4. The maximum Gasteiger partial charge on any atom is 0.420 e. The van der Waals surface area contributed by atoms with Gasteiger partial charge in [0.1, 0.15) is 17.4 Å². The number of aromatic nitrogens is 1. The number of hydrogen-bond donors (Lipinski definition) is 1.